The Hall–Kier alpha value is -3.16. The number of aryl methyl sites for hydroxylation is 1. The second-order valence-electron chi connectivity index (χ2n) is 8.49. The minimum Gasteiger partial charge on any atom is -0.497 e. The molecule has 0 aromatic heterocycles. The molecule has 0 aliphatic heterocycles. The number of hydrogen-bond donors (Lipinski definition) is 1. The highest BCUT2D eigenvalue weighted by atomic mass is 32.2. The standard InChI is InChI=1S/C27H32N2O4S/c1-20(2)25-12-8-9-21(3)27(25)28-26(30)19-29(18-17-22-10-6-5-7-11-22)34(31,32)24-15-13-23(33-4)14-16-24/h5-16,20H,17-19H2,1-4H3,(H,28,30). The molecule has 0 spiro atoms. The second kappa shape index (κ2) is 11.3. The number of carbonyl (C=O) groups excluding carboxylic acids is 1. The molecule has 3 rings (SSSR count). The molecule has 1 N–H and O–H groups in total. The number of nitrogens with one attached hydrogen (secondary N) is 1. The molecule has 0 aliphatic carbocycles. The van der Waals surface area contributed by atoms with Crippen LogP contribution >= 0.6 is 0 Å². The van der Waals surface area contributed by atoms with Crippen molar-refractivity contribution in [3.05, 3.63) is 89.5 Å². The normalized spacial score (nSPS) is 11.6. The first-order valence-corrected chi connectivity index (χ1v) is 12.7. The van der Waals surface area contributed by atoms with Crippen LogP contribution in [0, 0.1) is 6.92 Å². The van der Waals surface area contributed by atoms with E-state index in [9.17, 15) is 13.2 Å². The Balaban J connectivity index is 1.87. The number of amides is 1. The molecule has 1 amide bonds. The summed E-state index contributed by atoms with van der Waals surface area (Å²) in [6, 6.07) is 21.7. The molecular weight excluding hydrogens is 448 g/mol. The van der Waals surface area contributed by atoms with Gasteiger partial charge < -0.3 is 10.1 Å². The smallest absolute Gasteiger partial charge is 0.243 e. The highest BCUT2D eigenvalue weighted by Crippen LogP contribution is 2.27. The van der Waals surface area contributed by atoms with Gasteiger partial charge in [0.15, 0.2) is 0 Å². The lowest BCUT2D eigenvalue weighted by atomic mass is 9.98. The molecule has 0 bridgehead atoms. The van der Waals surface area contributed by atoms with Gasteiger partial charge in [0, 0.05) is 12.2 Å². The van der Waals surface area contributed by atoms with Crippen molar-refractivity contribution in [3.63, 3.8) is 0 Å². The largest absolute Gasteiger partial charge is 0.497 e. The van der Waals surface area contributed by atoms with Crippen LogP contribution in [0.1, 0.15) is 36.5 Å². The average molecular weight is 481 g/mol. The van der Waals surface area contributed by atoms with Crippen molar-refractivity contribution in [2.45, 2.75) is 38.0 Å². The molecule has 0 saturated carbocycles. The minimum absolute atomic E-state index is 0.118. The molecule has 180 valence electrons. The third kappa shape index (κ3) is 6.24. The van der Waals surface area contributed by atoms with Gasteiger partial charge >= 0.3 is 0 Å². The van der Waals surface area contributed by atoms with Gasteiger partial charge in [-0.3, -0.25) is 4.79 Å². The maximum atomic E-state index is 13.5. The number of methoxy groups -OCH3 is 1. The third-order valence-electron chi connectivity index (χ3n) is 5.70. The molecule has 34 heavy (non-hydrogen) atoms. The Labute approximate surface area is 202 Å². The highest BCUT2D eigenvalue weighted by Gasteiger charge is 2.27. The van der Waals surface area contributed by atoms with Gasteiger partial charge in [-0.05, 0) is 60.2 Å². The van der Waals surface area contributed by atoms with Crippen molar-refractivity contribution in [1.82, 2.24) is 4.31 Å². The molecule has 0 saturated heterocycles. The molecule has 0 heterocycles. The van der Waals surface area contributed by atoms with Crippen molar-refractivity contribution in [2.24, 2.45) is 0 Å². The van der Waals surface area contributed by atoms with Crippen LogP contribution in [0.4, 0.5) is 5.69 Å². The van der Waals surface area contributed by atoms with Gasteiger partial charge in [0.25, 0.3) is 0 Å². The summed E-state index contributed by atoms with van der Waals surface area (Å²) in [5.74, 6) is 0.405. The lowest BCUT2D eigenvalue weighted by Crippen LogP contribution is -2.39. The predicted molar refractivity (Wildman–Crippen MR) is 136 cm³/mol. The maximum absolute atomic E-state index is 13.5. The Morgan fingerprint density at radius 2 is 1.65 bits per heavy atom. The highest BCUT2D eigenvalue weighted by molar-refractivity contribution is 7.89. The summed E-state index contributed by atoms with van der Waals surface area (Å²) >= 11 is 0. The maximum Gasteiger partial charge on any atom is 0.243 e. The molecule has 0 aliphatic rings. The van der Waals surface area contributed by atoms with Crippen LogP contribution in [0.3, 0.4) is 0 Å². The average Bonchev–Trinajstić information content (AvgIpc) is 2.83. The van der Waals surface area contributed by atoms with Crippen LogP contribution < -0.4 is 10.1 Å². The van der Waals surface area contributed by atoms with E-state index in [0.29, 0.717) is 12.2 Å². The Bertz CT molecular complexity index is 1210. The first-order chi connectivity index (χ1) is 16.2. The number of para-hydroxylation sites is 1. The van der Waals surface area contributed by atoms with E-state index in [2.05, 4.69) is 19.2 Å². The topological polar surface area (TPSA) is 75.7 Å². The quantitative estimate of drug-likeness (QED) is 0.443. The molecule has 0 fully saturated rings. The first kappa shape index (κ1) is 25.5. The fraction of sp³-hybridized carbons (Fsp3) is 0.296. The summed E-state index contributed by atoms with van der Waals surface area (Å²) in [5, 5.41) is 2.97. The SMILES string of the molecule is COc1ccc(S(=O)(=O)N(CCc2ccccc2)CC(=O)Nc2c(C)cccc2C(C)C)cc1. The van der Waals surface area contributed by atoms with Gasteiger partial charge in [0.2, 0.25) is 15.9 Å². The van der Waals surface area contributed by atoms with Gasteiger partial charge in [-0.25, -0.2) is 8.42 Å². The Kier molecular flexibility index (Phi) is 8.47. The lowest BCUT2D eigenvalue weighted by Gasteiger charge is -2.23. The first-order valence-electron chi connectivity index (χ1n) is 11.3. The van der Waals surface area contributed by atoms with E-state index in [1.54, 1.807) is 12.1 Å². The number of sulfonamides is 1. The van der Waals surface area contributed by atoms with Gasteiger partial charge in [0.05, 0.1) is 18.6 Å². The summed E-state index contributed by atoms with van der Waals surface area (Å²) in [6.07, 6.45) is 0.491. The van der Waals surface area contributed by atoms with E-state index in [0.717, 1.165) is 22.4 Å². The summed E-state index contributed by atoms with van der Waals surface area (Å²) in [7, 11) is -2.38. The molecule has 3 aromatic carbocycles. The number of rotatable bonds is 10. The van der Waals surface area contributed by atoms with Gasteiger partial charge in [-0.2, -0.15) is 4.31 Å². The van der Waals surface area contributed by atoms with Gasteiger partial charge in [-0.1, -0.05) is 62.4 Å². The zero-order chi connectivity index (χ0) is 24.7. The van der Waals surface area contributed by atoms with Crippen molar-refractivity contribution < 1.29 is 17.9 Å². The van der Waals surface area contributed by atoms with E-state index in [4.69, 9.17) is 4.74 Å². The van der Waals surface area contributed by atoms with Crippen LogP contribution in [-0.4, -0.2) is 38.8 Å². The Morgan fingerprint density at radius 1 is 0.971 bits per heavy atom. The van der Waals surface area contributed by atoms with Crippen molar-refractivity contribution in [2.75, 3.05) is 25.5 Å². The van der Waals surface area contributed by atoms with E-state index < -0.39 is 10.0 Å². The summed E-state index contributed by atoms with van der Waals surface area (Å²) in [4.78, 5) is 13.2. The summed E-state index contributed by atoms with van der Waals surface area (Å²) in [6.45, 7) is 5.95. The van der Waals surface area contributed by atoms with Crippen LogP contribution in [0.15, 0.2) is 77.7 Å². The van der Waals surface area contributed by atoms with Crippen molar-refractivity contribution >= 4 is 21.6 Å². The summed E-state index contributed by atoms with van der Waals surface area (Å²) in [5.41, 5.74) is 3.70. The number of carbonyl (C=O) groups is 1. The third-order valence-corrected chi connectivity index (χ3v) is 7.56. The second-order valence-corrected chi connectivity index (χ2v) is 10.4. The predicted octanol–water partition coefficient (Wildman–Crippen LogP) is 5.00. The van der Waals surface area contributed by atoms with E-state index in [1.807, 2.05) is 55.5 Å². The zero-order valence-corrected chi connectivity index (χ0v) is 20.9. The molecule has 0 unspecified atom stereocenters. The van der Waals surface area contributed by atoms with E-state index in [1.165, 1.54) is 23.5 Å². The van der Waals surface area contributed by atoms with Crippen LogP contribution in [0.2, 0.25) is 0 Å². The summed E-state index contributed by atoms with van der Waals surface area (Å²) < 4.78 is 33.4. The molecule has 0 atom stereocenters. The van der Waals surface area contributed by atoms with Crippen molar-refractivity contribution in [3.8, 4) is 5.75 Å². The number of benzene rings is 3. The minimum atomic E-state index is -3.90. The van der Waals surface area contributed by atoms with Crippen LogP contribution in [-0.2, 0) is 21.2 Å². The molecule has 3 aromatic rings. The van der Waals surface area contributed by atoms with Crippen molar-refractivity contribution in [1.29, 1.82) is 0 Å². The Morgan fingerprint density at radius 3 is 2.26 bits per heavy atom. The van der Waals surface area contributed by atoms with E-state index in [-0.39, 0.29) is 29.8 Å². The zero-order valence-electron chi connectivity index (χ0n) is 20.1. The fourth-order valence-electron chi connectivity index (χ4n) is 3.76. The van der Waals surface area contributed by atoms with E-state index >= 15 is 0 Å². The number of hydrogen-bond acceptors (Lipinski definition) is 4. The molecule has 6 nitrogen and oxygen atoms in total. The number of anilines is 1. The van der Waals surface area contributed by atoms with Gasteiger partial charge in [0.1, 0.15) is 5.75 Å². The van der Waals surface area contributed by atoms with Crippen LogP contribution in [0.5, 0.6) is 5.75 Å². The molecule has 0 radical (unpaired) electrons. The lowest BCUT2D eigenvalue weighted by molar-refractivity contribution is -0.116. The number of ether oxygens (including phenoxy) is 1. The molecular formula is C27H32N2O4S. The number of nitrogens with zero attached hydrogens (tertiary/aromatic N) is 1. The van der Waals surface area contributed by atoms with Crippen LogP contribution in [0.25, 0.3) is 0 Å². The fourth-order valence-corrected chi connectivity index (χ4v) is 5.16. The van der Waals surface area contributed by atoms with Gasteiger partial charge in [-0.15, -0.1) is 0 Å². The molecule has 7 heteroatoms. The monoisotopic (exact) mass is 480 g/mol.